The fourth-order valence-corrected chi connectivity index (χ4v) is 2.48. The van der Waals surface area contributed by atoms with Gasteiger partial charge in [-0.15, -0.1) is 0 Å². The molecular formula is C13H21N3O. The zero-order valence-electron chi connectivity index (χ0n) is 10.5. The van der Waals surface area contributed by atoms with Crippen molar-refractivity contribution in [3.63, 3.8) is 0 Å². The van der Waals surface area contributed by atoms with Gasteiger partial charge in [0, 0.05) is 13.6 Å². The Hall–Kier alpha value is -1.16. The average Bonchev–Trinajstić information content (AvgIpc) is 2.40. The van der Waals surface area contributed by atoms with Crippen molar-refractivity contribution in [2.24, 2.45) is 5.92 Å². The average molecular weight is 235 g/mol. The predicted octanol–water partition coefficient (Wildman–Crippen LogP) is 1.99. The lowest BCUT2D eigenvalue weighted by Gasteiger charge is -2.27. The summed E-state index contributed by atoms with van der Waals surface area (Å²) in [6.45, 7) is 1.02. The summed E-state index contributed by atoms with van der Waals surface area (Å²) in [6.07, 6.45) is 10.2. The van der Waals surface area contributed by atoms with Crippen molar-refractivity contribution in [2.45, 2.75) is 38.7 Å². The molecule has 4 nitrogen and oxygen atoms in total. The normalized spacial score (nSPS) is 17.1. The van der Waals surface area contributed by atoms with E-state index < -0.39 is 0 Å². The highest BCUT2D eigenvalue weighted by atomic mass is 16.3. The van der Waals surface area contributed by atoms with E-state index in [-0.39, 0.29) is 6.61 Å². The largest absolute Gasteiger partial charge is 0.390 e. The minimum atomic E-state index is -0.0420. The summed E-state index contributed by atoms with van der Waals surface area (Å²) in [5.41, 5.74) is 0.625. The summed E-state index contributed by atoms with van der Waals surface area (Å²) in [4.78, 5) is 10.6. The van der Waals surface area contributed by atoms with Crippen molar-refractivity contribution in [1.82, 2.24) is 9.97 Å². The van der Waals surface area contributed by atoms with Crippen molar-refractivity contribution in [3.8, 4) is 0 Å². The van der Waals surface area contributed by atoms with Crippen LogP contribution in [0.15, 0.2) is 12.4 Å². The number of rotatable bonds is 4. The van der Waals surface area contributed by atoms with Crippen LogP contribution in [0, 0.1) is 5.92 Å². The smallest absolute Gasteiger partial charge is 0.146 e. The van der Waals surface area contributed by atoms with Gasteiger partial charge in [0.1, 0.15) is 5.82 Å². The molecule has 1 aromatic heterocycles. The Morgan fingerprint density at radius 2 is 2.00 bits per heavy atom. The minimum absolute atomic E-state index is 0.0420. The van der Waals surface area contributed by atoms with E-state index in [1.54, 1.807) is 12.4 Å². The number of hydrogen-bond donors (Lipinski definition) is 1. The SMILES string of the molecule is CN(CC1CCCCC1)c1cnc(CO)cn1. The molecule has 0 unspecified atom stereocenters. The molecule has 1 N–H and O–H groups in total. The molecule has 0 bridgehead atoms. The fraction of sp³-hybridized carbons (Fsp3) is 0.692. The molecule has 0 aromatic carbocycles. The van der Waals surface area contributed by atoms with Crippen LogP contribution < -0.4 is 4.90 Å². The Balaban J connectivity index is 1.91. The van der Waals surface area contributed by atoms with Crippen LogP contribution in [0.4, 0.5) is 5.82 Å². The van der Waals surface area contributed by atoms with Gasteiger partial charge < -0.3 is 10.0 Å². The molecule has 4 heteroatoms. The molecule has 0 atom stereocenters. The molecule has 2 rings (SSSR count). The van der Waals surface area contributed by atoms with Gasteiger partial charge in [0.2, 0.25) is 0 Å². The van der Waals surface area contributed by atoms with Crippen LogP contribution in [0.2, 0.25) is 0 Å². The van der Waals surface area contributed by atoms with Crippen LogP contribution in [-0.4, -0.2) is 28.7 Å². The van der Waals surface area contributed by atoms with Crippen LogP contribution >= 0.6 is 0 Å². The third kappa shape index (κ3) is 3.40. The first-order chi connectivity index (χ1) is 8.29. The summed E-state index contributed by atoms with van der Waals surface area (Å²) in [5.74, 6) is 1.70. The van der Waals surface area contributed by atoms with Crippen LogP contribution in [0.25, 0.3) is 0 Å². The summed E-state index contributed by atoms with van der Waals surface area (Å²) in [5, 5.41) is 8.91. The number of nitrogens with zero attached hydrogens (tertiary/aromatic N) is 3. The summed E-state index contributed by atoms with van der Waals surface area (Å²) in [6, 6.07) is 0. The van der Waals surface area contributed by atoms with Gasteiger partial charge in [0.05, 0.1) is 24.7 Å². The van der Waals surface area contributed by atoms with E-state index in [0.29, 0.717) is 5.69 Å². The topological polar surface area (TPSA) is 49.2 Å². The molecular weight excluding hydrogens is 214 g/mol. The number of anilines is 1. The van der Waals surface area contributed by atoms with E-state index in [9.17, 15) is 0 Å². The van der Waals surface area contributed by atoms with Crippen LogP contribution in [0.1, 0.15) is 37.8 Å². The molecule has 1 aromatic rings. The zero-order chi connectivity index (χ0) is 12.1. The van der Waals surface area contributed by atoms with E-state index in [0.717, 1.165) is 18.3 Å². The van der Waals surface area contributed by atoms with E-state index in [2.05, 4.69) is 21.9 Å². The maximum Gasteiger partial charge on any atom is 0.146 e. The third-order valence-corrected chi connectivity index (χ3v) is 3.50. The molecule has 17 heavy (non-hydrogen) atoms. The Morgan fingerprint density at radius 1 is 1.24 bits per heavy atom. The molecule has 1 heterocycles. The van der Waals surface area contributed by atoms with E-state index in [1.165, 1.54) is 32.1 Å². The second-order valence-electron chi connectivity index (χ2n) is 4.91. The third-order valence-electron chi connectivity index (χ3n) is 3.50. The molecule has 0 aliphatic heterocycles. The van der Waals surface area contributed by atoms with Crippen molar-refractivity contribution < 1.29 is 5.11 Å². The van der Waals surface area contributed by atoms with Gasteiger partial charge >= 0.3 is 0 Å². The zero-order valence-corrected chi connectivity index (χ0v) is 10.5. The summed E-state index contributed by atoms with van der Waals surface area (Å²) in [7, 11) is 2.07. The molecule has 0 spiro atoms. The van der Waals surface area contributed by atoms with Gasteiger partial charge in [0.25, 0.3) is 0 Å². The number of hydrogen-bond acceptors (Lipinski definition) is 4. The Bertz CT molecular complexity index is 333. The fourth-order valence-electron chi connectivity index (χ4n) is 2.48. The molecule has 1 fully saturated rings. The maximum atomic E-state index is 8.91. The van der Waals surface area contributed by atoms with Crippen molar-refractivity contribution in [2.75, 3.05) is 18.5 Å². The first kappa shape index (κ1) is 12.3. The van der Waals surface area contributed by atoms with E-state index >= 15 is 0 Å². The molecule has 0 saturated heterocycles. The highest BCUT2D eigenvalue weighted by molar-refractivity contribution is 5.34. The monoisotopic (exact) mass is 235 g/mol. The van der Waals surface area contributed by atoms with Crippen molar-refractivity contribution in [1.29, 1.82) is 0 Å². The second kappa shape index (κ2) is 5.96. The van der Waals surface area contributed by atoms with Gasteiger partial charge in [-0.2, -0.15) is 0 Å². The van der Waals surface area contributed by atoms with Crippen LogP contribution in [0.5, 0.6) is 0 Å². The first-order valence-electron chi connectivity index (χ1n) is 6.42. The lowest BCUT2D eigenvalue weighted by atomic mass is 9.89. The quantitative estimate of drug-likeness (QED) is 0.867. The van der Waals surface area contributed by atoms with Crippen LogP contribution in [-0.2, 0) is 6.61 Å². The maximum absolute atomic E-state index is 8.91. The summed E-state index contributed by atoms with van der Waals surface area (Å²) >= 11 is 0. The Labute approximate surface area is 103 Å². The van der Waals surface area contributed by atoms with Gasteiger partial charge in [-0.25, -0.2) is 4.98 Å². The lowest BCUT2D eigenvalue weighted by molar-refractivity contribution is 0.276. The van der Waals surface area contributed by atoms with E-state index in [1.807, 2.05) is 0 Å². The molecule has 0 radical (unpaired) electrons. The molecule has 1 saturated carbocycles. The number of aromatic nitrogens is 2. The van der Waals surface area contributed by atoms with E-state index in [4.69, 9.17) is 5.11 Å². The van der Waals surface area contributed by atoms with Gasteiger partial charge in [0.15, 0.2) is 0 Å². The number of aliphatic hydroxyl groups excluding tert-OH is 1. The predicted molar refractivity (Wildman–Crippen MR) is 67.8 cm³/mol. The van der Waals surface area contributed by atoms with Gasteiger partial charge in [-0.1, -0.05) is 19.3 Å². The Morgan fingerprint density at radius 3 is 2.59 bits per heavy atom. The standard InChI is InChI=1S/C13H21N3O/c1-16(9-11-5-3-2-4-6-11)13-8-14-12(10-17)7-15-13/h7-8,11,17H,2-6,9-10H2,1H3. The molecule has 94 valence electrons. The van der Waals surface area contributed by atoms with Gasteiger partial charge in [-0.3, -0.25) is 4.98 Å². The van der Waals surface area contributed by atoms with Gasteiger partial charge in [-0.05, 0) is 18.8 Å². The lowest BCUT2D eigenvalue weighted by Crippen LogP contribution is -2.27. The first-order valence-corrected chi connectivity index (χ1v) is 6.42. The highest BCUT2D eigenvalue weighted by Gasteiger charge is 2.16. The van der Waals surface area contributed by atoms with Crippen molar-refractivity contribution in [3.05, 3.63) is 18.1 Å². The summed E-state index contributed by atoms with van der Waals surface area (Å²) < 4.78 is 0. The molecule has 1 aliphatic rings. The highest BCUT2D eigenvalue weighted by Crippen LogP contribution is 2.25. The number of aliphatic hydroxyl groups is 1. The Kier molecular flexibility index (Phi) is 4.31. The van der Waals surface area contributed by atoms with Crippen LogP contribution in [0.3, 0.4) is 0 Å². The second-order valence-corrected chi connectivity index (χ2v) is 4.91. The van der Waals surface area contributed by atoms with Crippen molar-refractivity contribution >= 4 is 5.82 Å². The molecule has 1 aliphatic carbocycles. The minimum Gasteiger partial charge on any atom is -0.390 e. The molecule has 0 amide bonds.